The zero-order valence-electron chi connectivity index (χ0n) is 14.3. The molecule has 0 aromatic heterocycles. The van der Waals surface area contributed by atoms with E-state index in [1.165, 1.54) is 0 Å². The third-order valence-corrected chi connectivity index (χ3v) is 4.64. The number of benzene rings is 2. The molecule has 5 nitrogen and oxygen atoms in total. The Morgan fingerprint density at radius 1 is 1.04 bits per heavy atom. The quantitative estimate of drug-likeness (QED) is 0.787. The van der Waals surface area contributed by atoms with Crippen LogP contribution in [0.5, 0.6) is 0 Å². The van der Waals surface area contributed by atoms with Crippen molar-refractivity contribution in [1.82, 2.24) is 5.32 Å². The number of nitrogens with one attached hydrogen (secondary N) is 2. The minimum absolute atomic E-state index is 0.0900. The fraction of sp³-hybridized carbons (Fsp3) is 0.316. The number of morpholine rings is 1. The summed E-state index contributed by atoms with van der Waals surface area (Å²) in [7, 11) is 0. The Balaban J connectivity index is 1.57. The highest BCUT2D eigenvalue weighted by atomic mass is 35.5. The van der Waals surface area contributed by atoms with Gasteiger partial charge in [-0.25, -0.2) is 0 Å². The highest BCUT2D eigenvalue weighted by Crippen LogP contribution is 2.29. The molecule has 0 bridgehead atoms. The second kappa shape index (κ2) is 9.12. The fourth-order valence-corrected chi connectivity index (χ4v) is 3.07. The Morgan fingerprint density at radius 3 is 2.46 bits per heavy atom. The van der Waals surface area contributed by atoms with Crippen molar-refractivity contribution in [2.24, 2.45) is 0 Å². The highest BCUT2D eigenvalue weighted by molar-refractivity contribution is 6.31. The Labute approximate surface area is 163 Å². The molecule has 138 valence electrons. The molecule has 0 atom stereocenters. The Morgan fingerprint density at radius 2 is 1.73 bits per heavy atom. The predicted octanol–water partition coefficient (Wildman–Crippen LogP) is 3.56. The lowest BCUT2D eigenvalue weighted by atomic mass is 10.2. The number of nitrogens with zero attached hydrogens (tertiary/aromatic N) is 1. The SMILES string of the molecule is O=C(CNc1cc(Cl)ccc1N1CCOCC1)NCc1ccc(Cl)cc1. The van der Waals surface area contributed by atoms with Crippen molar-refractivity contribution in [2.45, 2.75) is 6.54 Å². The van der Waals surface area contributed by atoms with Crippen LogP contribution in [0.15, 0.2) is 42.5 Å². The lowest BCUT2D eigenvalue weighted by molar-refractivity contribution is -0.119. The van der Waals surface area contributed by atoms with E-state index in [0.29, 0.717) is 29.8 Å². The van der Waals surface area contributed by atoms with Crippen LogP contribution in [-0.2, 0) is 16.1 Å². The summed E-state index contributed by atoms with van der Waals surface area (Å²) < 4.78 is 5.40. The van der Waals surface area contributed by atoms with Crippen LogP contribution in [0.2, 0.25) is 10.0 Å². The van der Waals surface area contributed by atoms with E-state index >= 15 is 0 Å². The van der Waals surface area contributed by atoms with Crippen molar-refractivity contribution in [3.63, 3.8) is 0 Å². The van der Waals surface area contributed by atoms with Crippen molar-refractivity contribution >= 4 is 40.5 Å². The minimum atomic E-state index is -0.0900. The summed E-state index contributed by atoms with van der Waals surface area (Å²) in [6.07, 6.45) is 0. The van der Waals surface area contributed by atoms with Crippen LogP contribution in [0, 0.1) is 0 Å². The van der Waals surface area contributed by atoms with E-state index in [-0.39, 0.29) is 12.5 Å². The monoisotopic (exact) mass is 393 g/mol. The van der Waals surface area contributed by atoms with Gasteiger partial charge in [0.05, 0.1) is 31.1 Å². The molecule has 2 N–H and O–H groups in total. The van der Waals surface area contributed by atoms with Gasteiger partial charge in [-0.15, -0.1) is 0 Å². The molecule has 0 spiro atoms. The lowest BCUT2D eigenvalue weighted by Crippen LogP contribution is -2.37. The molecule has 26 heavy (non-hydrogen) atoms. The van der Waals surface area contributed by atoms with Gasteiger partial charge in [0.2, 0.25) is 5.91 Å². The molecule has 7 heteroatoms. The molecule has 2 aromatic rings. The maximum absolute atomic E-state index is 12.2. The number of carbonyl (C=O) groups excluding carboxylic acids is 1. The van der Waals surface area contributed by atoms with Gasteiger partial charge in [-0.2, -0.15) is 0 Å². The average Bonchev–Trinajstić information content (AvgIpc) is 2.66. The molecule has 0 unspecified atom stereocenters. The molecule has 1 fully saturated rings. The molecule has 0 radical (unpaired) electrons. The first-order valence-corrected chi connectivity index (χ1v) is 9.25. The fourth-order valence-electron chi connectivity index (χ4n) is 2.77. The Bertz CT molecular complexity index is 747. The largest absolute Gasteiger partial charge is 0.378 e. The number of hydrogen-bond acceptors (Lipinski definition) is 4. The van der Waals surface area contributed by atoms with Gasteiger partial charge in [0.25, 0.3) is 0 Å². The smallest absolute Gasteiger partial charge is 0.239 e. The summed E-state index contributed by atoms with van der Waals surface area (Å²) in [5.74, 6) is -0.0900. The molecule has 1 aliphatic heterocycles. The normalized spacial score (nSPS) is 14.2. The zero-order valence-corrected chi connectivity index (χ0v) is 15.8. The van der Waals surface area contributed by atoms with Gasteiger partial charge in [0, 0.05) is 29.7 Å². The van der Waals surface area contributed by atoms with Gasteiger partial charge in [-0.1, -0.05) is 35.3 Å². The number of amides is 1. The molecular formula is C19H21Cl2N3O2. The number of halogens is 2. The molecule has 0 saturated carbocycles. The summed E-state index contributed by atoms with van der Waals surface area (Å²) in [6.45, 7) is 3.67. The van der Waals surface area contributed by atoms with Crippen LogP contribution < -0.4 is 15.5 Å². The van der Waals surface area contributed by atoms with E-state index in [1.54, 1.807) is 0 Å². The molecular weight excluding hydrogens is 373 g/mol. The predicted molar refractivity (Wildman–Crippen MR) is 106 cm³/mol. The number of rotatable bonds is 6. The lowest BCUT2D eigenvalue weighted by Gasteiger charge is -2.30. The van der Waals surface area contributed by atoms with Crippen molar-refractivity contribution in [3.05, 3.63) is 58.1 Å². The van der Waals surface area contributed by atoms with Crippen LogP contribution >= 0.6 is 23.2 Å². The van der Waals surface area contributed by atoms with Crippen molar-refractivity contribution in [3.8, 4) is 0 Å². The number of hydrogen-bond donors (Lipinski definition) is 2. The van der Waals surface area contributed by atoms with E-state index in [1.807, 2.05) is 42.5 Å². The molecule has 1 aliphatic rings. The van der Waals surface area contributed by atoms with E-state index in [2.05, 4.69) is 15.5 Å². The van der Waals surface area contributed by atoms with Crippen molar-refractivity contribution in [1.29, 1.82) is 0 Å². The van der Waals surface area contributed by atoms with Crippen LogP contribution in [0.1, 0.15) is 5.56 Å². The van der Waals surface area contributed by atoms with Crippen molar-refractivity contribution in [2.75, 3.05) is 43.1 Å². The van der Waals surface area contributed by atoms with Gasteiger partial charge < -0.3 is 20.3 Å². The average molecular weight is 394 g/mol. The first-order chi connectivity index (χ1) is 12.6. The zero-order chi connectivity index (χ0) is 18.4. The topological polar surface area (TPSA) is 53.6 Å². The standard InChI is InChI=1S/C19H21Cl2N3O2/c20-15-3-1-14(2-4-15)12-23-19(25)13-22-17-11-16(21)5-6-18(17)24-7-9-26-10-8-24/h1-6,11,22H,7-10,12-13H2,(H,23,25). The summed E-state index contributed by atoms with van der Waals surface area (Å²) >= 11 is 12.0. The number of anilines is 2. The third kappa shape index (κ3) is 5.27. The maximum Gasteiger partial charge on any atom is 0.239 e. The van der Waals surface area contributed by atoms with E-state index < -0.39 is 0 Å². The molecule has 1 saturated heterocycles. The molecule has 1 heterocycles. The van der Waals surface area contributed by atoms with E-state index in [9.17, 15) is 4.79 Å². The van der Waals surface area contributed by atoms with Gasteiger partial charge in [0.1, 0.15) is 0 Å². The van der Waals surface area contributed by atoms with Crippen LogP contribution in [0.3, 0.4) is 0 Å². The molecule has 0 aliphatic carbocycles. The Kier molecular flexibility index (Phi) is 6.61. The molecule has 2 aromatic carbocycles. The first-order valence-electron chi connectivity index (χ1n) is 8.49. The van der Waals surface area contributed by atoms with Crippen molar-refractivity contribution < 1.29 is 9.53 Å². The summed E-state index contributed by atoms with van der Waals surface area (Å²) in [5, 5.41) is 7.40. The highest BCUT2D eigenvalue weighted by Gasteiger charge is 2.15. The third-order valence-electron chi connectivity index (χ3n) is 4.15. The summed E-state index contributed by atoms with van der Waals surface area (Å²) in [6, 6.07) is 13.1. The van der Waals surface area contributed by atoms with Crippen LogP contribution in [0.4, 0.5) is 11.4 Å². The second-order valence-corrected chi connectivity index (χ2v) is 6.89. The number of carbonyl (C=O) groups is 1. The van der Waals surface area contributed by atoms with Gasteiger partial charge in [-0.05, 0) is 35.9 Å². The van der Waals surface area contributed by atoms with Gasteiger partial charge in [-0.3, -0.25) is 4.79 Å². The Hall–Kier alpha value is -1.95. The second-order valence-electron chi connectivity index (χ2n) is 6.02. The number of ether oxygens (including phenoxy) is 1. The van der Waals surface area contributed by atoms with Crippen LogP contribution in [0.25, 0.3) is 0 Å². The van der Waals surface area contributed by atoms with Gasteiger partial charge in [0.15, 0.2) is 0 Å². The molecule has 1 amide bonds. The first kappa shape index (κ1) is 18.8. The van der Waals surface area contributed by atoms with Gasteiger partial charge >= 0.3 is 0 Å². The minimum Gasteiger partial charge on any atom is -0.378 e. The summed E-state index contributed by atoms with van der Waals surface area (Å²) in [5.41, 5.74) is 2.88. The van der Waals surface area contributed by atoms with E-state index in [4.69, 9.17) is 27.9 Å². The maximum atomic E-state index is 12.2. The van der Waals surface area contributed by atoms with E-state index in [0.717, 1.165) is 30.0 Å². The van der Waals surface area contributed by atoms with Crippen LogP contribution in [-0.4, -0.2) is 38.8 Å². The molecule has 3 rings (SSSR count). The summed E-state index contributed by atoms with van der Waals surface area (Å²) in [4.78, 5) is 14.4.